The molecule has 20 heavy (non-hydrogen) atoms. The molecule has 2 atom stereocenters. The molecule has 1 N–H and O–H groups in total. The standard InChI is InChI=1S/C16H21NO3/c18-16(6-8-17-7-2-1-3-15(16)17)12-4-5-13-14(11-12)20-10-9-19-13/h4-5,11,15,18H,1-3,6-10H2. The van der Waals surface area contributed by atoms with E-state index < -0.39 is 5.60 Å². The molecule has 2 unspecified atom stereocenters. The van der Waals surface area contributed by atoms with Gasteiger partial charge in [0.2, 0.25) is 0 Å². The van der Waals surface area contributed by atoms with Crippen LogP contribution >= 0.6 is 0 Å². The van der Waals surface area contributed by atoms with E-state index in [1.165, 1.54) is 12.8 Å². The van der Waals surface area contributed by atoms with Crippen molar-refractivity contribution in [2.24, 2.45) is 0 Å². The van der Waals surface area contributed by atoms with Crippen LogP contribution in [-0.2, 0) is 5.60 Å². The predicted octanol–water partition coefficient (Wildman–Crippen LogP) is 1.90. The molecule has 0 amide bonds. The summed E-state index contributed by atoms with van der Waals surface area (Å²) in [5, 5.41) is 11.2. The number of ether oxygens (including phenoxy) is 2. The third-order valence-electron chi connectivity index (χ3n) is 4.99. The number of rotatable bonds is 1. The first-order valence-electron chi connectivity index (χ1n) is 7.64. The minimum atomic E-state index is -0.726. The van der Waals surface area contributed by atoms with Crippen molar-refractivity contribution < 1.29 is 14.6 Å². The van der Waals surface area contributed by atoms with E-state index in [0.29, 0.717) is 13.2 Å². The van der Waals surface area contributed by atoms with E-state index in [0.717, 1.165) is 43.0 Å². The van der Waals surface area contributed by atoms with Crippen LogP contribution in [0.4, 0.5) is 0 Å². The molecule has 108 valence electrons. The van der Waals surface area contributed by atoms with Crippen LogP contribution in [0.1, 0.15) is 31.2 Å². The number of hydrogen-bond acceptors (Lipinski definition) is 4. The molecular formula is C16H21NO3. The molecule has 1 aromatic rings. The van der Waals surface area contributed by atoms with Gasteiger partial charge in [0.05, 0.1) is 0 Å². The minimum Gasteiger partial charge on any atom is -0.486 e. The second-order valence-corrected chi connectivity index (χ2v) is 6.08. The van der Waals surface area contributed by atoms with Gasteiger partial charge in [0.1, 0.15) is 18.8 Å². The zero-order chi connectivity index (χ0) is 13.6. The molecule has 4 nitrogen and oxygen atoms in total. The van der Waals surface area contributed by atoms with Gasteiger partial charge in [-0.15, -0.1) is 0 Å². The number of aliphatic hydroxyl groups is 1. The van der Waals surface area contributed by atoms with Crippen molar-refractivity contribution in [1.82, 2.24) is 4.90 Å². The van der Waals surface area contributed by atoms with Crippen LogP contribution < -0.4 is 9.47 Å². The highest BCUT2D eigenvalue weighted by atomic mass is 16.6. The first-order valence-corrected chi connectivity index (χ1v) is 7.64. The summed E-state index contributed by atoms with van der Waals surface area (Å²) in [7, 11) is 0. The second-order valence-electron chi connectivity index (χ2n) is 6.08. The zero-order valence-electron chi connectivity index (χ0n) is 11.7. The molecule has 1 aromatic carbocycles. The monoisotopic (exact) mass is 275 g/mol. The number of hydrogen-bond donors (Lipinski definition) is 1. The molecule has 0 bridgehead atoms. The SMILES string of the molecule is OC1(c2ccc3c(c2)OCCO3)CCN2CCCCC21. The lowest BCUT2D eigenvalue weighted by atomic mass is 9.83. The van der Waals surface area contributed by atoms with Crippen molar-refractivity contribution >= 4 is 0 Å². The summed E-state index contributed by atoms with van der Waals surface area (Å²) in [6.45, 7) is 3.31. The Morgan fingerprint density at radius 1 is 1.10 bits per heavy atom. The topological polar surface area (TPSA) is 41.9 Å². The van der Waals surface area contributed by atoms with E-state index in [1.807, 2.05) is 18.2 Å². The van der Waals surface area contributed by atoms with E-state index in [4.69, 9.17) is 9.47 Å². The Balaban J connectivity index is 1.69. The van der Waals surface area contributed by atoms with Gasteiger partial charge in [-0.2, -0.15) is 0 Å². The summed E-state index contributed by atoms with van der Waals surface area (Å²) in [6.07, 6.45) is 4.38. The molecule has 2 fully saturated rings. The Bertz CT molecular complexity index is 518. The van der Waals surface area contributed by atoms with Gasteiger partial charge in [0, 0.05) is 12.6 Å². The lowest BCUT2D eigenvalue weighted by Crippen LogP contribution is -2.45. The van der Waals surface area contributed by atoms with Gasteiger partial charge >= 0.3 is 0 Å². The van der Waals surface area contributed by atoms with Gasteiger partial charge < -0.3 is 14.6 Å². The lowest BCUT2D eigenvalue weighted by molar-refractivity contribution is -0.0141. The molecule has 4 heteroatoms. The summed E-state index contributed by atoms with van der Waals surface area (Å²) in [4.78, 5) is 2.44. The van der Waals surface area contributed by atoms with E-state index in [1.54, 1.807) is 0 Å². The van der Waals surface area contributed by atoms with Gasteiger partial charge in [-0.3, -0.25) is 4.90 Å². The van der Waals surface area contributed by atoms with E-state index in [9.17, 15) is 5.11 Å². The largest absolute Gasteiger partial charge is 0.486 e. The molecule has 3 aliphatic rings. The smallest absolute Gasteiger partial charge is 0.161 e. The van der Waals surface area contributed by atoms with Crippen LogP contribution in [-0.4, -0.2) is 42.4 Å². The highest BCUT2D eigenvalue weighted by Crippen LogP contribution is 2.44. The van der Waals surface area contributed by atoms with Crippen LogP contribution in [0.25, 0.3) is 0 Å². The van der Waals surface area contributed by atoms with Crippen molar-refractivity contribution in [3.63, 3.8) is 0 Å². The van der Waals surface area contributed by atoms with Crippen molar-refractivity contribution in [2.75, 3.05) is 26.3 Å². The van der Waals surface area contributed by atoms with Crippen molar-refractivity contribution in [3.8, 4) is 11.5 Å². The molecule has 0 aliphatic carbocycles. The normalized spacial score (nSPS) is 33.0. The molecule has 0 aromatic heterocycles. The third-order valence-corrected chi connectivity index (χ3v) is 4.99. The van der Waals surface area contributed by atoms with Crippen molar-refractivity contribution in [1.29, 1.82) is 0 Å². The quantitative estimate of drug-likeness (QED) is 0.850. The maximum Gasteiger partial charge on any atom is 0.161 e. The Kier molecular flexibility index (Phi) is 2.89. The number of benzene rings is 1. The first-order chi connectivity index (χ1) is 9.77. The average molecular weight is 275 g/mol. The van der Waals surface area contributed by atoms with Crippen LogP contribution in [0.3, 0.4) is 0 Å². The van der Waals surface area contributed by atoms with Crippen LogP contribution in [0.5, 0.6) is 11.5 Å². The molecule has 4 rings (SSSR count). The fourth-order valence-corrected chi connectivity index (χ4v) is 3.93. The Morgan fingerprint density at radius 2 is 1.95 bits per heavy atom. The van der Waals surface area contributed by atoms with E-state index in [2.05, 4.69) is 4.90 Å². The molecule has 3 aliphatic heterocycles. The highest BCUT2D eigenvalue weighted by Gasteiger charge is 2.48. The van der Waals surface area contributed by atoms with E-state index >= 15 is 0 Å². The maximum atomic E-state index is 11.2. The predicted molar refractivity (Wildman–Crippen MR) is 75.2 cm³/mol. The van der Waals surface area contributed by atoms with Gasteiger partial charge in [-0.05, 0) is 43.5 Å². The summed E-state index contributed by atoms with van der Waals surface area (Å²) in [5.74, 6) is 1.57. The summed E-state index contributed by atoms with van der Waals surface area (Å²) in [5.41, 5.74) is 0.257. The highest BCUT2D eigenvalue weighted by molar-refractivity contribution is 5.46. The summed E-state index contributed by atoms with van der Waals surface area (Å²) in [6, 6.07) is 6.18. The summed E-state index contributed by atoms with van der Waals surface area (Å²) < 4.78 is 11.2. The van der Waals surface area contributed by atoms with Crippen LogP contribution in [0.2, 0.25) is 0 Å². The number of nitrogens with zero attached hydrogens (tertiary/aromatic N) is 1. The number of piperidine rings is 1. The molecule has 2 saturated heterocycles. The molecule has 0 saturated carbocycles. The van der Waals surface area contributed by atoms with Crippen molar-refractivity contribution in [2.45, 2.75) is 37.3 Å². The zero-order valence-corrected chi connectivity index (χ0v) is 11.7. The first kappa shape index (κ1) is 12.5. The number of fused-ring (bicyclic) bond motifs is 2. The van der Waals surface area contributed by atoms with Gasteiger partial charge in [-0.1, -0.05) is 12.5 Å². The van der Waals surface area contributed by atoms with Gasteiger partial charge in [0.25, 0.3) is 0 Å². The van der Waals surface area contributed by atoms with Crippen LogP contribution in [0, 0.1) is 0 Å². The van der Waals surface area contributed by atoms with Gasteiger partial charge in [0.15, 0.2) is 11.5 Å². The maximum absolute atomic E-state index is 11.2. The van der Waals surface area contributed by atoms with Crippen LogP contribution in [0.15, 0.2) is 18.2 Å². The van der Waals surface area contributed by atoms with Crippen molar-refractivity contribution in [3.05, 3.63) is 23.8 Å². The van der Waals surface area contributed by atoms with E-state index in [-0.39, 0.29) is 6.04 Å². The Hall–Kier alpha value is -1.26. The molecule has 3 heterocycles. The third kappa shape index (κ3) is 1.82. The minimum absolute atomic E-state index is 0.263. The molecular weight excluding hydrogens is 254 g/mol. The summed E-state index contributed by atoms with van der Waals surface area (Å²) >= 11 is 0. The lowest BCUT2D eigenvalue weighted by Gasteiger charge is -2.38. The Labute approximate surface area is 119 Å². The van der Waals surface area contributed by atoms with Gasteiger partial charge in [-0.25, -0.2) is 0 Å². The second kappa shape index (κ2) is 4.64. The fourth-order valence-electron chi connectivity index (χ4n) is 3.93. The Morgan fingerprint density at radius 3 is 2.85 bits per heavy atom. The fraction of sp³-hybridized carbons (Fsp3) is 0.625. The molecule has 0 spiro atoms. The average Bonchev–Trinajstić information content (AvgIpc) is 2.86. The molecule has 0 radical (unpaired) electrons.